The Hall–Kier alpha value is -0.520. The Morgan fingerprint density at radius 2 is 1.33 bits per heavy atom. The summed E-state index contributed by atoms with van der Waals surface area (Å²) in [5.41, 5.74) is 0. The quantitative estimate of drug-likeness (QED) is 0.273. The van der Waals surface area contributed by atoms with Crippen LogP contribution in [-0.4, -0.2) is 20.5 Å². The van der Waals surface area contributed by atoms with Gasteiger partial charge >= 0.3 is 0 Å². The van der Waals surface area contributed by atoms with E-state index in [9.17, 15) is 0 Å². The Morgan fingerprint density at radius 1 is 0.778 bits per heavy atom. The Labute approximate surface area is 113 Å². The molecule has 0 fully saturated rings. The van der Waals surface area contributed by atoms with Gasteiger partial charge in [0.25, 0.3) is 0 Å². The molecule has 0 bridgehead atoms. The number of rotatable bonds is 13. The van der Waals surface area contributed by atoms with Crippen LogP contribution >= 0.6 is 0 Å². The summed E-state index contributed by atoms with van der Waals surface area (Å²) in [5.74, 6) is 6.06. The lowest BCUT2D eigenvalue weighted by Gasteiger charge is -2.03. The summed E-state index contributed by atoms with van der Waals surface area (Å²) in [6.45, 7) is 3.19. The van der Waals surface area contributed by atoms with Gasteiger partial charge in [0.15, 0.2) is 0 Å². The fourth-order valence-electron chi connectivity index (χ4n) is 1.92. The molecule has 0 spiro atoms. The molecule has 0 saturated carbocycles. The van der Waals surface area contributed by atoms with E-state index in [1.807, 2.05) is 6.92 Å². The van der Waals surface area contributed by atoms with Crippen molar-refractivity contribution in [3.8, 4) is 11.8 Å². The summed E-state index contributed by atoms with van der Waals surface area (Å²) in [4.78, 5) is 0. The molecule has 106 valence electrons. The van der Waals surface area contributed by atoms with Gasteiger partial charge in [-0.1, -0.05) is 44.9 Å². The SMILES string of the molecule is CC#CCCCCCCCCCCCOCOC. The maximum Gasteiger partial charge on any atom is 0.146 e. The minimum absolute atomic E-state index is 0.433. The third-order valence-corrected chi connectivity index (χ3v) is 2.97. The average Bonchev–Trinajstić information content (AvgIpc) is 2.39. The average molecular weight is 254 g/mol. The molecule has 2 heteroatoms. The van der Waals surface area contributed by atoms with Gasteiger partial charge in [-0.15, -0.1) is 11.8 Å². The van der Waals surface area contributed by atoms with Gasteiger partial charge in [-0.25, -0.2) is 0 Å². The molecule has 0 unspecified atom stereocenters. The lowest BCUT2D eigenvalue weighted by Crippen LogP contribution is -1.98. The Balaban J connectivity index is 2.92. The monoisotopic (exact) mass is 254 g/mol. The van der Waals surface area contributed by atoms with Gasteiger partial charge in [0.2, 0.25) is 0 Å². The van der Waals surface area contributed by atoms with E-state index in [0.717, 1.165) is 13.0 Å². The van der Waals surface area contributed by atoms with Crippen molar-refractivity contribution in [2.24, 2.45) is 0 Å². The van der Waals surface area contributed by atoms with E-state index < -0.39 is 0 Å². The number of hydrogen-bond donors (Lipinski definition) is 0. The van der Waals surface area contributed by atoms with Crippen molar-refractivity contribution in [3.05, 3.63) is 0 Å². The third kappa shape index (κ3) is 15.5. The fourth-order valence-corrected chi connectivity index (χ4v) is 1.92. The highest BCUT2D eigenvalue weighted by Crippen LogP contribution is 2.10. The molecule has 18 heavy (non-hydrogen) atoms. The molecule has 0 aromatic carbocycles. The van der Waals surface area contributed by atoms with Gasteiger partial charge in [-0.05, 0) is 19.8 Å². The van der Waals surface area contributed by atoms with E-state index in [2.05, 4.69) is 11.8 Å². The lowest BCUT2D eigenvalue weighted by molar-refractivity contribution is -0.0315. The molecule has 0 N–H and O–H groups in total. The smallest absolute Gasteiger partial charge is 0.146 e. The summed E-state index contributed by atoms with van der Waals surface area (Å²) in [5, 5.41) is 0. The Bertz CT molecular complexity index is 203. The van der Waals surface area contributed by atoms with Crippen LogP contribution in [0.2, 0.25) is 0 Å². The summed E-state index contributed by atoms with van der Waals surface area (Å²) in [6, 6.07) is 0. The summed E-state index contributed by atoms with van der Waals surface area (Å²) < 4.78 is 10.1. The zero-order valence-electron chi connectivity index (χ0n) is 12.3. The lowest BCUT2D eigenvalue weighted by atomic mass is 10.1. The van der Waals surface area contributed by atoms with E-state index in [1.54, 1.807) is 7.11 Å². The minimum Gasteiger partial charge on any atom is -0.359 e. The van der Waals surface area contributed by atoms with Gasteiger partial charge in [-0.2, -0.15) is 0 Å². The molecule has 0 aromatic heterocycles. The summed E-state index contributed by atoms with van der Waals surface area (Å²) >= 11 is 0. The van der Waals surface area contributed by atoms with Crippen LogP contribution in [0.15, 0.2) is 0 Å². The Kier molecular flexibility index (Phi) is 16.0. The molecule has 0 aliphatic carbocycles. The van der Waals surface area contributed by atoms with Crippen LogP contribution < -0.4 is 0 Å². The standard InChI is InChI=1S/C16H30O2/c1-3-4-5-6-7-8-9-10-11-12-13-14-15-18-16-17-2/h5-16H2,1-2H3. The molecule has 2 nitrogen and oxygen atoms in total. The second-order valence-electron chi connectivity index (χ2n) is 4.67. The molecular weight excluding hydrogens is 224 g/mol. The van der Waals surface area contributed by atoms with Crippen LogP contribution in [0.3, 0.4) is 0 Å². The Morgan fingerprint density at radius 3 is 1.89 bits per heavy atom. The van der Waals surface area contributed by atoms with Crippen LogP contribution in [0.5, 0.6) is 0 Å². The van der Waals surface area contributed by atoms with Crippen molar-refractivity contribution in [1.82, 2.24) is 0 Å². The maximum absolute atomic E-state index is 5.24. The topological polar surface area (TPSA) is 18.5 Å². The number of hydrogen-bond acceptors (Lipinski definition) is 2. The minimum atomic E-state index is 0.433. The van der Waals surface area contributed by atoms with Crippen LogP contribution in [0.1, 0.15) is 71.1 Å². The van der Waals surface area contributed by atoms with Crippen molar-refractivity contribution in [3.63, 3.8) is 0 Å². The number of ether oxygens (including phenoxy) is 2. The van der Waals surface area contributed by atoms with Crippen molar-refractivity contribution in [2.75, 3.05) is 20.5 Å². The highest BCUT2D eigenvalue weighted by Gasteiger charge is 1.93. The van der Waals surface area contributed by atoms with Crippen molar-refractivity contribution in [1.29, 1.82) is 0 Å². The molecule has 0 aromatic rings. The zero-order chi connectivity index (χ0) is 13.3. The number of methoxy groups -OCH3 is 1. The van der Waals surface area contributed by atoms with Gasteiger partial charge in [0.1, 0.15) is 6.79 Å². The normalized spacial score (nSPS) is 10.1. The predicted molar refractivity (Wildman–Crippen MR) is 77.4 cm³/mol. The third-order valence-electron chi connectivity index (χ3n) is 2.97. The first-order valence-corrected chi connectivity index (χ1v) is 7.38. The summed E-state index contributed by atoms with van der Waals surface area (Å²) in [6.07, 6.45) is 13.0. The van der Waals surface area contributed by atoms with Crippen LogP contribution in [0, 0.1) is 11.8 Å². The van der Waals surface area contributed by atoms with Gasteiger partial charge in [0.05, 0.1) is 0 Å². The summed E-state index contributed by atoms with van der Waals surface area (Å²) in [7, 11) is 1.66. The molecule has 0 heterocycles. The van der Waals surface area contributed by atoms with Crippen molar-refractivity contribution in [2.45, 2.75) is 71.1 Å². The highest BCUT2D eigenvalue weighted by molar-refractivity contribution is 4.94. The molecule has 0 atom stereocenters. The molecular formula is C16H30O2. The predicted octanol–water partition coefficient (Wildman–Crippen LogP) is 4.53. The van der Waals surface area contributed by atoms with Crippen LogP contribution in [-0.2, 0) is 9.47 Å². The van der Waals surface area contributed by atoms with E-state index in [1.165, 1.54) is 57.8 Å². The first kappa shape index (κ1) is 17.5. The highest BCUT2D eigenvalue weighted by atomic mass is 16.7. The van der Waals surface area contributed by atoms with Gasteiger partial charge in [-0.3, -0.25) is 0 Å². The molecule has 0 amide bonds. The van der Waals surface area contributed by atoms with Crippen LogP contribution in [0.4, 0.5) is 0 Å². The van der Waals surface area contributed by atoms with Gasteiger partial charge < -0.3 is 9.47 Å². The second kappa shape index (κ2) is 16.5. The maximum atomic E-state index is 5.24. The van der Waals surface area contributed by atoms with E-state index >= 15 is 0 Å². The molecule has 0 aliphatic heterocycles. The number of unbranched alkanes of at least 4 members (excludes halogenated alkanes) is 9. The second-order valence-corrected chi connectivity index (χ2v) is 4.67. The van der Waals surface area contributed by atoms with E-state index in [4.69, 9.17) is 9.47 Å². The first-order valence-electron chi connectivity index (χ1n) is 7.38. The molecule has 0 saturated heterocycles. The van der Waals surface area contributed by atoms with E-state index in [0.29, 0.717) is 6.79 Å². The van der Waals surface area contributed by atoms with Crippen molar-refractivity contribution >= 4 is 0 Å². The van der Waals surface area contributed by atoms with E-state index in [-0.39, 0.29) is 0 Å². The molecule has 0 radical (unpaired) electrons. The zero-order valence-corrected chi connectivity index (χ0v) is 12.3. The molecule has 0 aliphatic rings. The van der Waals surface area contributed by atoms with Crippen molar-refractivity contribution < 1.29 is 9.47 Å². The van der Waals surface area contributed by atoms with Crippen LogP contribution in [0.25, 0.3) is 0 Å². The molecule has 0 rings (SSSR count). The van der Waals surface area contributed by atoms with Gasteiger partial charge in [0, 0.05) is 20.1 Å². The fraction of sp³-hybridized carbons (Fsp3) is 0.875. The first-order chi connectivity index (χ1) is 8.91. The largest absolute Gasteiger partial charge is 0.359 e.